The quantitative estimate of drug-likeness (QED) is 0.225. The number of likely N-dealkylation sites (tertiary alicyclic amines) is 1. The van der Waals surface area contributed by atoms with Gasteiger partial charge in [0.2, 0.25) is 0 Å². The van der Waals surface area contributed by atoms with Gasteiger partial charge in [0.15, 0.2) is 11.6 Å². The highest BCUT2D eigenvalue weighted by Gasteiger charge is 2.23. The van der Waals surface area contributed by atoms with E-state index in [-0.39, 0.29) is 24.0 Å². The van der Waals surface area contributed by atoms with E-state index < -0.39 is 0 Å². The van der Waals surface area contributed by atoms with E-state index in [9.17, 15) is 0 Å². The van der Waals surface area contributed by atoms with Crippen LogP contribution in [0.1, 0.15) is 64.1 Å². The Morgan fingerprint density at radius 3 is 2.69 bits per heavy atom. The van der Waals surface area contributed by atoms with Gasteiger partial charge >= 0.3 is 0 Å². The van der Waals surface area contributed by atoms with E-state index in [1.54, 1.807) is 0 Å². The Hall–Kier alpha value is -1.42. The maximum absolute atomic E-state index is 4.82. The number of hydrogen-bond acceptors (Lipinski definition) is 4. The van der Waals surface area contributed by atoms with Gasteiger partial charge in [0.25, 0.3) is 0 Å². The lowest BCUT2D eigenvalue weighted by Gasteiger charge is -2.36. The fourth-order valence-electron chi connectivity index (χ4n) is 5.00. The predicted molar refractivity (Wildman–Crippen MR) is 142 cm³/mol. The number of piperidine rings is 1. The Bertz CT molecular complexity index is 823. The summed E-state index contributed by atoms with van der Waals surface area (Å²) in [6.07, 6.45) is 13.5. The molecule has 7 nitrogen and oxygen atoms in total. The molecule has 32 heavy (non-hydrogen) atoms. The Kier molecular flexibility index (Phi) is 10.5. The third-order valence-electron chi connectivity index (χ3n) is 6.73. The van der Waals surface area contributed by atoms with Gasteiger partial charge in [-0.25, -0.2) is 0 Å². The van der Waals surface area contributed by atoms with Gasteiger partial charge in [0, 0.05) is 51.4 Å². The van der Waals surface area contributed by atoms with Crippen molar-refractivity contribution in [2.75, 3.05) is 32.7 Å². The first kappa shape index (κ1) is 25.2. The molecular formula is C24H40IN7. The molecule has 0 amide bonds. The molecule has 4 rings (SSSR count). The number of aromatic nitrogens is 3. The lowest BCUT2D eigenvalue weighted by atomic mass is 9.88. The molecule has 0 spiro atoms. The molecule has 2 aromatic heterocycles. The SMILES string of the molecule is CCNC(=NCCCc1nnc2ccccn12)NC1CCN(CC2CCCCC2)CC1.I. The number of pyridine rings is 1. The van der Waals surface area contributed by atoms with E-state index >= 15 is 0 Å². The summed E-state index contributed by atoms with van der Waals surface area (Å²) in [6, 6.07) is 6.53. The van der Waals surface area contributed by atoms with Crippen molar-refractivity contribution in [1.82, 2.24) is 30.1 Å². The van der Waals surface area contributed by atoms with Crippen LogP contribution in [0.5, 0.6) is 0 Å². The zero-order valence-corrected chi connectivity index (χ0v) is 21.8. The third-order valence-corrected chi connectivity index (χ3v) is 6.73. The Balaban J connectivity index is 0.00000289. The lowest BCUT2D eigenvalue weighted by Crippen LogP contribution is -2.49. The first-order valence-corrected chi connectivity index (χ1v) is 12.4. The van der Waals surface area contributed by atoms with E-state index in [0.717, 1.165) is 49.3 Å². The average molecular weight is 554 g/mol. The molecule has 0 unspecified atom stereocenters. The second-order valence-corrected chi connectivity index (χ2v) is 9.13. The summed E-state index contributed by atoms with van der Waals surface area (Å²) < 4.78 is 2.06. The molecule has 1 aliphatic carbocycles. The minimum Gasteiger partial charge on any atom is -0.357 e. The molecule has 0 bridgehead atoms. The van der Waals surface area contributed by atoms with Gasteiger partial charge in [0.05, 0.1) is 0 Å². The molecule has 2 aromatic rings. The van der Waals surface area contributed by atoms with Crippen molar-refractivity contribution in [1.29, 1.82) is 0 Å². The van der Waals surface area contributed by atoms with Crippen LogP contribution in [-0.2, 0) is 6.42 Å². The normalized spacial score (nSPS) is 19.1. The average Bonchev–Trinajstić information content (AvgIpc) is 3.22. The monoisotopic (exact) mass is 553 g/mol. The smallest absolute Gasteiger partial charge is 0.191 e. The molecule has 0 atom stereocenters. The molecule has 2 aliphatic rings. The second-order valence-electron chi connectivity index (χ2n) is 9.13. The number of rotatable bonds is 8. The summed E-state index contributed by atoms with van der Waals surface area (Å²) in [4.78, 5) is 7.52. The number of aryl methyl sites for hydroxylation is 1. The molecule has 1 saturated carbocycles. The van der Waals surface area contributed by atoms with Crippen molar-refractivity contribution >= 4 is 35.6 Å². The topological polar surface area (TPSA) is 69.8 Å². The molecular weight excluding hydrogens is 513 g/mol. The van der Waals surface area contributed by atoms with Crippen molar-refractivity contribution in [2.45, 2.75) is 70.8 Å². The number of nitrogens with one attached hydrogen (secondary N) is 2. The molecule has 2 fully saturated rings. The van der Waals surface area contributed by atoms with E-state index in [2.05, 4.69) is 37.1 Å². The van der Waals surface area contributed by atoms with Crippen LogP contribution < -0.4 is 10.6 Å². The minimum atomic E-state index is 0. The predicted octanol–water partition coefficient (Wildman–Crippen LogP) is 3.88. The van der Waals surface area contributed by atoms with Gasteiger partial charge in [-0.2, -0.15) is 0 Å². The third kappa shape index (κ3) is 7.30. The van der Waals surface area contributed by atoms with Gasteiger partial charge in [-0.1, -0.05) is 25.3 Å². The Morgan fingerprint density at radius 1 is 1.09 bits per heavy atom. The summed E-state index contributed by atoms with van der Waals surface area (Å²) in [7, 11) is 0. The molecule has 178 valence electrons. The number of aliphatic imine (C=N–C) groups is 1. The summed E-state index contributed by atoms with van der Waals surface area (Å²) in [5.74, 6) is 2.91. The second kappa shape index (κ2) is 13.3. The minimum absolute atomic E-state index is 0. The van der Waals surface area contributed by atoms with Crippen LogP contribution in [0.3, 0.4) is 0 Å². The number of nitrogens with zero attached hydrogens (tertiary/aromatic N) is 5. The Labute approximate surface area is 209 Å². The zero-order chi connectivity index (χ0) is 21.3. The number of guanidine groups is 1. The first-order valence-electron chi connectivity index (χ1n) is 12.4. The van der Waals surface area contributed by atoms with E-state index in [1.807, 2.05) is 24.4 Å². The molecule has 0 aromatic carbocycles. The standard InChI is InChI=1S/C24H39N7.HI/c1-2-25-24(26-15-8-12-23-29-28-22-11-6-7-16-31(22)23)27-21-13-17-30(18-14-21)19-20-9-4-3-5-10-20;/h6-7,11,16,20-21H,2-5,8-10,12-15,17-19H2,1H3,(H2,25,26,27);1H. The van der Waals surface area contributed by atoms with Gasteiger partial charge in [0.1, 0.15) is 5.82 Å². The van der Waals surface area contributed by atoms with Crippen molar-refractivity contribution in [3.8, 4) is 0 Å². The largest absolute Gasteiger partial charge is 0.357 e. The van der Waals surface area contributed by atoms with E-state index in [4.69, 9.17) is 4.99 Å². The summed E-state index contributed by atoms with van der Waals surface area (Å²) in [5.41, 5.74) is 0.908. The molecule has 0 radical (unpaired) electrons. The van der Waals surface area contributed by atoms with E-state index in [1.165, 1.54) is 64.6 Å². The fraction of sp³-hybridized carbons (Fsp3) is 0.708. The zero-order valence-electron chi connectivity index (χ0n) is 19.5. The lowest BCUT2D eigenvalue weighted by molar-refractivity contribution is 0.160. The van der Waals surface area contributed by atoms with Crippen LogP contribution in [0.15, 0.2) is 29.4 Å². The molecule has 8 heteroatoms. The van der Waals surface area contributed by atoms with Crippen LogP contribution in [-0.4, -0.2) is 64.2 Å². The maximum Gasteiger partial charge on any atom is 0.191 e. The number of hydrogen-bond donors (Lipinski definition) is 2. The highest BCUT2D eigenvalue weighted by molar-refractivity contribution is 14.0. The maximum atomic E-state index is 4.82. The summed E-state index contributed by atoms with van der Waals surface area (Å²) >= 11 is 0. The van der Waals surface area contributed by atoms with E-state index in [0.29, 0.717) is 6.04 Å². The van der Waals surface area contributed by atoms with Crippen LogP contribution in [0.2, 0.25) is 0 Å². The van der Waals surface area contributed by atoms with Crippen molar-refractivity contribution in [2.24, 2.45) is 10.9 Å². The molecule has 2 N–H and O–H groups in total. The summed E-state index contributed by atoms with van der Waals surface area (Å²) in [5, 5.41) is 15.7. The van der Waals surface area contributed by atoms with Crippen molar-refractivity contribution < 1.29 is 0 Å². The van der Waals surface area contributed by atoms with Gasteiger partial charge < -0.3 is 15.5 Å². The Morgan fingerprint density at radius 2 is 1.91 bits per heavy atom. The van der Waals surface area contributed by atoms with Gasteiger partial charge in [-0.05, 0) is 57.1 Å². The van der Waals surface area contributed by atoms with Crippen LogP contribution in [0.25, 0.3) is 5.65 Å². The number of fused-ring (bicyclic) bond motifs is 1. The van der Waals surface area contributed by atoms with Crippen LogP contribution >= 0.6 is 24.0 Å². The molecule has 1 aliphatic heterocycles. The van der Waals surface area contributed by atoms with Gasteiger partial charge in [-0.3, -0.25) is 9.39 Å². The number of halogens is 1. The highest BCUT2D eigenvalue weighted by atomic mass is 127. The first-order chi connectivity index (χ1) is 15.3. The van der Waals surface area contributed by atoms with Crippen LogP contribution in [0, 0.1) is 5.92 Å². The highest BCUT2D eigenvalue weighted by Crippen LogP contribution is 2.25. The molecule has 1 saturated heterocycles. The molecule has 3 heterocycles. The van der Waals surface area contributed by atoms with Crippen LogP contribution in [0.4, 0.5) is 0 Å². The van der Waals surface area contributed by atoms with Crippen molar-refractivity contribution in [3.63, 3.8) is 0 Å². The fourth-order valence-corrected chi connectivity index (χ4v) is 5.00. The summed E-state index contributed by atoms with van der Waals surface area (Å²) in [6.45, 7) is 7.56. The van der Waals surface area contributed by atoms with Gasteiger partial charge in [-0.15, -0.1) is 34.2 Å². The van der Waals surface area contributed by atoms with Crippen molar-refractivity contribution in [3.05, 3.63) is 30.2 Å².